The average molecular weight is 227 g/mol. The van der Waals surface area contributed by atoms with Crippen molar-refractivity contribution in [1.82, 2.24) is 4.90 Å². The zero-order chi connectivity index (χ0) is 10.8. The molecule has 2 rings (SSSR count). The molecule has 15 heavy (non-hydrogen) atoms. The molecule has 1 atom stereocenters. The van der Waals surface area contributed by atoms with Gasteiger partial charge in [0.05, 0.1) is 18.1 Å². The molecule has 5 heteroatoms. The maximum Gasteiger partial charge on any atom is 0.264 e. The van der Waals surface area contributed by atoms with Crippen molar-refractivity contribution in [2.24, 2.45) is 0 Å². The van der Waals surface area contributed by atoms with E-state index in [0.29, 0.717) is 30.1 Å². The van der Waals surface area contributed by atoms with Crippen LogP contribution in [0.25, 0.3) is 0 Å². The molecule has 0 unspecified atom stereocenters. The number of methoxy groups -OCH3 is 1. The standard InChI is InChI=1S/C10H13NO3S/c1-14-8-4-9(15-6-8)10(13)11-3-2-7(12)5-11/h4,6-7,12H,2-3,5H2,1H3/t7-/m1/s1. The molecule has 1 amide bonds. The number of rotatable bonds is 2. The van der Waals surface area contributed by atoms with Crippen molar-refractivity contribution in [3.63, 3.8) is 0 Å². The molecule has 0 spiro atoms. The van der Waals surface area contributed by atoms with Crippen molar-refractivity contribution in [3.05, 3.63) is 16.3 Å². The largest absolute Gasteiger partial charge is 0.496 e. The quantitative estimate of drug-likeness (QED) is 0.818. The van der Waals surface area contributed by atoms with Gasteiger partial charge in [-0.2, -0.15) is 0 Å². The zero-order valence-corrected chi connectivity index (χ0v) is 9.29. The number of likely N-dealkylation sites (tertiary alicyclic amines) is 1. The Balaban J connectivity index is 2.07. The summed E-state index contributed by atoms with van der Waals surface area (Å²) in [6.07, 6.45) is 0.310. The Kier molecular flexibility index (Phi) is 2.93. The first-order chi connectivity index (χ1) is 7.20. The molecule has 4 nitrogen and oxygen atoms in total. The fourth-order valence-corrected chi connectivity index (χ4v) is 2.44. The topological polar surface area (TPSA) is 49.8 Å². The number of aliphatic hydroxyl groups is 1. The minimum atomic E-state index is -0.365. The maximum atomic E-state index is 11.9. The third-order valence-electron chi connectivity index (χ3n) is 2.47. The molecule has 1 aromatic rings. The minimum absolute atomic E-state index is 0.0140. The number of hydrogen-bond acceptors (Lipinski definition) is 4. The van der Waals surface area contributed by atoms with Crippen LogP contribution in [0.5, 0.6) is 5.75 Å². The molecule has 1 saturated heterocycles. The number of aliphatic hydroxyl groups excluding tert-OH is 1. The summed E-state index contributed by atoms with van der Waals surface area (Å²) in [6, 6.07) is 1.73. The van der Waals surface area contributed by atoms with E-state index in [1.54, 1.807) is 23.5 Å². The van der Waals surface area contributed by atoms with Crippen molar-refractivity contribution >= 4 is 17.2 Å². The van der Waals surface area contributed by atoms with Gasteiger partial charge >= 0.3 is 0 Å². The summed E-state index contributed by atoms with van der Waals surface area (Å²) in [5.74, 6) is 0.697. The number of nitrogens with zero attached hydrogens (tertiary/aromatic N) is 1. The van der Waals surface area contributed by atoms with Crippen LogP contribution in [0.1, 0.15) is 16.1 Å². The normalized spacial score (nSPS) is 20.7. The summed E-state index contributed by atoms with van der Waals surface area (Å²) in [6.45, 7) is 1.08. The van der Waals surface area contributed by atoms with E-state index in [-0.39, 0.29) is 12.0 Å². The van der Waals surface area contributed by atoms with Crippen LogP contribution in [0.3, 0.4) is 0 Å². The molecule has 1 aromatic heterocycles. The van der Waals surface area contributed by atoms with Crippen LogP contribution in [0, 0.1) is 0 Å². The third kappa shape index (κ3) is 2.13. The Bertz CT molecular complexity index is 363. The number of β-amino-alcohol motifs (C(OH)–C–C–N with tert-alkyl or cyclic N) is 1. The highest BCUT2D eigenvalue weighted by Gasteiger charge is 2.26. The summed E-state index contributed by atoms with van der Waals surface area (Å²) in [5, 5.41) is 11.1. The highest BCUT2D eigenvalue weighted by atomic mass is 32.1. The van der Waals surface area contributed by atoms with Crippen LogP contribution in [0.4, 0.5) is 0 Å². The first-order valence-corrected chi connectivity index (χ1v) is 5.68. The third-order valence-corrected chi connectivity index (χ3v) is 3.37. The summed E-state index contributed by atoms with van der Waals surface area (Å²) in [5.41, 5.74) is 0. The van der Waals surface area contributed by atoms with Gasteiger partial charge in [-0.15, -0.1) is 11.3 Å². The molecule has 0 saturated carbocycles. The molecular weight excluding hydrogens is 214 g/mol. The van der Waals surface area contributed by atoms with Gasteiger partial charge in [-0.1, -0.05) is 0 Å². The molecule has 2 heterocycles. The van der Waals surface area contributed by atoms with E-state index in [1.807, 2.05) is 0 Å². The average Bonchev–Trinajstić information content (AvgIpc) is 2.84. The van der Waals surface area contributed by atoms with Crippen LogP contribution in [-0.4, -0.2) is 42.2 Å². The molecular formula is C10H13NO3S. The lowest BCUT2D eigenvalue weighted by atomic mass is 10.3. The first-order valence-electron chi connectivity index (χ1n) is 4.80. The Morgan fingerprint density at radius 2 is 2.53 bits per heavy atom. The number of carbonyl (C=O) groups is 1. The van der Waals surface area contributed by atoms with Crippen molar-refractivity contribution in [3.8, 4) is 5.75 Å². The smallest absolute Gasteiger partial charge is 0.264 e. The van der Waals surface area contributed by atoms with Gasteiger partial charge in [-0.05, 0) is 6.42 Å². The van der Waals surface area contributed by atoms with Gasteiger partial charge in [0.2, 0.25) is 0 Å². The van der Waals surface area contributed by atoms with Crippen molar-refractivity contribution in [2.75, 3.05) is 20.2 Å². The van der Waals surface area contributed by atoms with Gasteiger partial charge in [-0.25, -0.2) is 0 Å². The Morgan fingerprint density at radius 3 is 3.07 bits per heavy atom. The van der Waals surface area contributed by atoms with E-state index in [4.69, 9.17) is 4.74 Å². The number of carbonyl (C=O) groups excluding carboxylic acids is 1. The van der Waals surface area contributed by atoms with E-state index in [2.05, 4.69) is 0 Å². The molecule has 1 aliphatic heterocycles. The van der Waals surface area contributed by atoms with Crippen molar-refractivity contribution < 1.29 is 14.6 Å². The molecule has 0 aliphatic carbocycles. The van der Waals surface area contributed by atoms with E-state index < -0.39 is 0 Å². The second-order valence-corrected chi connectivity index (χ2v) is 4.46. The summed E-state index contributed by atoms with van der Waals surface area (Å²) in [7, 11) is 1.58. The minimum Gasteiger partial charge on any atom is -0.496 e. The molecule has 0 radical (unpaired) electrons. The lowest BCUT2D eigenvalue weighted by Crippen LogP contribution is -2.28. The van der Waals surface area contributed by atoms with E-state index in [9.17, 15) is 9.90 Å². The van der Waals surface area contributed by atoms with Gasteiger partial charge in [0.25, 0.3) is 5.91 Å². The van der Waals surface area contributed by atoms with Gasteiger partial charge < -0.3 is 14.7 Å². The van der Waals surface area contributed by atoms with Crippen LogP contribution in [0.15, 0.2) is 11.4 Å². The van der Waals surface area contributed by atoms with Crippen LogP contribution < -0.4 is 4.74 Å². The lowest BCUT2D eigenvalue weighted by Gasteiger charge is -2.13. The zero-order valence-electron chi connectivity index (χ0n) is 8.47. The predicted molar refractivity (Wildman–Crippen MR) is 57.4 cm³/mol. The molecule has 0 aromatic carbocycles. The van der Waals surface area contributed by atoms with E-state index in [1.165, 1.54) is 11.3 Å². The maximum absolute atomic E-state index is 11.9. The van der Waals surface area contributed by atoms with Crippen molar-refractivity contribution in [1.29, 1.82) is 0 Å². The predicted octanol–water partition coefficient (Wildman–Crippen LogP) is 0.964. The van der Waals surface area contributed by atoms with E-state index in [0.717, 1.165) is 0 Å². The van der Waals surface area contributed by atoms with E-state index >= 15 is 0 Å². The van der Waals surface area contributed by atoms with Gasteiger partial charge in [0.1, 0.15) is 5.75 Å². The highest BCUT2D eigenvalue weighted by Crippen LogP contribution is 2.23. The SMILES string of the molecule is COc1csc(C(=O)N2CC[C@@H](O)C2)c1. The second-order valence-electron chi connectivity index (χ2n) is 3.54. The molecule has 1 fully saturated rings. The van der Waals surface area contributed by atoms with Crippen LogP contribution in [0.2, 0.25) is 0 Å². The molecule has 1 aliphatic rings. The van der Waals surface area contributed by atoms with Crippen molar-refractivity contribution in [2.45, 2.75) is 12.5 Å². The van der Waals surface area contributed by atoms with Crippen LogP contribution >= 0.6 is 11.3 Å². The monoisotopic (exact) mass is 227 g/mol. The fraction of sp³-hybridized carbons (Fsp3) is 0.500. The van der Waals surface area contributed by atoms with Crippen LogP contribution in [-0.2, 0) is 0 Å². The lowest BCUT2D eigenvalue weighted by molar-refractivity contribution is 0.0769. The number of hydrogen-bond donors (Lipinski definition) is 1. The Morgan fingerprint density at radius 1 is 1.73 bits per heavy atom. The molecule has 1 N–H and O–H groups in total. The summed E-state index contributed by atoms with van der Waals surface area (Å²) < 4.78 is 5.02. The number of ether oxygens (including phenoxy) is 1. The molecule has 82 valence electrons. The fourth-order valence-electron chi connectivity index (χ4n) is 1.62. The summed E-state index contributed by atoms with van der Waals surface area (Å²) in [4.78, 5) is 14.2. The van der Waals surface area contributed by atoms with Gasteiger partial charge in [0.15, 0.2) is 0 Å². The Labute approximate surface area is 92.1 Å². The second kappa shape index (κ2) is 4.20. The number of thiophene rings is 1. The van der Waals surface area contributed by atoms with Gasteiger partial charge in [-0.3, -0.25) is 4.79 Å². The number of amides is 1. The first kappa shape index (κ1) is 10.4. The highest BCUT2D eigenvalue weighted by molar-refractivity contribution is 7.12. The molecule has 0 bridgehead atoms. The Hall–Kier alpha value is -1.07. The van der Waals surface area contributed by atoms with Gasteiger partial charge in [0, 0.05) is 24.5 Å². The summed E-state index contributed by atoms with van der Waals surface area (Å²) >= 11 is 1.37.